The molecule has 0 saturated heterocycles. The lowest BCUT2D eigenvalue weighted by Gasteiger charge is -2.27. The molecule has 0 bridgehead atoms. The summed E-state index contributed by atoms with van der Waals surface area (Å²) in [6.07, 6.45) is 1.38. The first-order valence-electron chi connectivity index (χ1n) is 5.52. The van der Waals surface area contributed by atoms with Gasteiger partial charge in [-0.25, -0.2) is 0 Å². The number of carbonyl (C=O) groups is 1. The highest BCUT2D eigenvalue weighted by Gasteiger charge is 2.25. The number of pyridine rings is 1. The second kappa shape index (κ2) is 4.31. The van der Waals surface area contributed by atoms with Crippen LogP contribution in [0.25, 0.3) is 0 Å². The highest BCUT2D eigenvalue weighted by molar-refractivity contribution is 6.31. The van der Waals surface area contributed by atoms with E-state index < -0.39 is 0 Å². The number of rotatable bonds is 1. The number of halogens is 1. The quantitative estimate of drug-likeness (QED) is 0.828. The highest BCUT2D eigenvalue weighted by Crippen LogP contribution is 2.27. The number of benzene rings is 1. The number of carbonyl (C=O) groups excluding carboxylic acids is 1. The zero-order valence-corrected chi connectivity index (χ0v) is 10.1. The van der Waals surface area contributed by atoms with Crippen molar-refractivity contribution in [2.75, 3.05) is 5.32 Å². The van der Waals surface area contributed by atoms with Crippen LogP contribution in [0.4, 0.5) is 5.69 Å². The van der Waals surface area contributed by atoms with Crippen LogP contribution in [0, 0.1) is 0 Å². The fourth-order valence-electron chi connectivity index (χ4n) is 1.93. The monoisotopic (exact) mass is 259 g/mol. The molecular formula is C13H10ClN3O. The van der Waals surface area contributed by atoms with Crippen molar-refractivity contribution < 1.29 is 4.79 Å². The van der Waals surface area contributed by atoms with Crippen LogP contribution in [0.15, 0.2) is 42.6 Å². The molecule has 1 amide bonds. The molecular weight excluding hydrogens is 250 g/mol. The molecule has 1 aliphatic rings. The van der Waals surface area contributed by atoms with Gasteiger partial charge in [-0.1, -0.05) is 17.7 Å². The summed E-state index contributed by atoms with van der Waals surface area (Å²) in [6.45, 7) is 0. The lowest BCUT2D eigenvalue weighted by atomic mass is 10.1. The van der Waals surface area contributed by atoms with Gasteiger partial charge in [-0.2, -0.15) is 0 Å². The van der Waals surface area contributed by atoms with Crippen LogP contribution < -0.4 is 10.6 Å². The zero-order chi connectivity index (χ0) is 12.5. The van der Waals surface area contributed by atoms with E-state index in [-0.39, 0.29) is 12.1 Å². The molecule has 90 valence electrons. The van der Waals surface area contributed by atoms with Crippen LogP contribution in [0.3, 0.4) is 0 Å². The molecule has 18 heavy (non-hydrogen) atoms. The Morgan fingerprint density at radius 3 is 2.83 bits per heavy atom. The maximum absolute atomic E-state index is 12.0. The highest BCUT2D eigenvalue weighted by atomic mass is 35.5. The van der Waals surface area contributed by atoms with E-state index in [0.717, 1.165) is 11.4 Å². The van der Waals surface area contributed by atoms with Crippen LogP contribution in [-0.2, 0) is 0 Å². The van der Waals surface area contributed by atoms with E-state index in [1.165, 1.54) is 0 Å². The fourth-order valence-corrected chi connectivity index (χ4v) is 2.10. The Kier molecular flexibility index (Phi) is 2.64. The van der Waals surface area contributed by atoms with E-state index in [1.54, 1.807) is 24.4 Å². The Bertz CT molecular complexity index is 600. The van der Waals surface area contributed by atoms with E-state index in [4.69, 9.17) is 11.6 Å². The number of nitrogens with zero attached hydrogens (tertiary/aromatic N) is 1. The van der Waals surface area contributed by atoms with E-state index in [1.807, 2.05) is 18.2 Å². The molecule has 0 radical (unpaired) electrons. The molecule has 0 spiro atoms. The van der Waals surface area contributed by atoms with E-state index in [0.29, 0.717) is 10.6 Å². The Balaban J connectivity index is 1.97. The van der Waals surface area contributed by atoms with Crippen molar-refractivity contribution in [3.63, 3.8) is 0 Å². The summed E-state index contributed by atoms with van der Waals surface area (Å²) in [4.78, 5) is 16.2. The van der Waals surface area contributed by atoms with Gasteiger partial charge >= 0.3 is 0 Å². The largest absolute Gasteiger partial charge is 0.360 e. The van der Waals surface area contributed by atoms with Crippen LogP contribution >= 0.6 is 11.6 Å². The minimum absolute atomic E-state index is 0.151. The average molecular weight is 260 g/mol. The molecule has 2 heterocycles. The molecule has 5 heteroatoms. The van der Waals surface area contributed by atoms with Crippen LogP contribution in [0.2, 0.25) is 5.02 Å². The second-order valence-electron chi connectivity index (χ2n) is 4.00. The van der Waals surface area contributed by atoms with Gasteiger partial charge in [0.05, 0.1) is 11.3 Å². The van der Waals surface area contributed by atoms with Gasteiger partial charge in [0.1, 0.15) is 6.17 Å². The van der Waals surface area contributed by atoms with E-state index >= 15 is 0 Å². The predicted octanol–water partition coefficient (Wildman–Crippen LogP) is 2.59. The van der Waals surface area contributed by atoms with Gasteiger partial charge in [0.15, 0.2) is 0 Å². The molecule has 1 aromatic carbocycles. The first-order valence-corrected chi connectivity index (χ1v) is 5.90. The van der Waals surface area contributed by atoms with Gasteiger partial charge in [0.2, 0.25) is 0 Å². The van der Waals surface area contributed by atoms with Gasteiger partial charge in [-0.05, 0) is 30.3 Å². The molecule has 1 aliphatic heterocycles. The minimum atomic E-state index is -0.313. The molecule has 3 rings (SSSR count). The van der Waals surface area contributed by atoms with Crippen molar-refractivity contribution in [3.8, 4) is 0 Å². The second-order valence-corrected chi connectivity index (χ2v) is 4.43. The van der Waals surface area contributed by atoms with Crippen molar-refractivity contribution in [1.82, 2.24) is 10.3 Å². The maximum Gasteiger partial charge on any atom is 0.255 e. The number of fused-ring (bicyclic) bond motifs is 1. The van der Waals surface area contributed by atoms with E-state index in [2.05, 4.69) is 15.6 Å². The number of hydrogen-bond donors (Lipinski definition) is 2. The smallest absolute Gasteiger partial charge is 0.255 e. The minimum Gasteiger partial charge on any atom is -0.360 e. The molecule has 0 fully saturated rings. The zero-order valence-electron chi connectivity index (χ0n) is 9.35. The lowest BCUT2D eigenvalue weighted by molar-refractivity contribution is 0.0935. The molecule has 2 N–H and O–H groups in total. The molecule has 1 atom stereocenters. The molecule has 0 aliphatic carbocycles. The number of hydrogen-bond acceptors (Lipinski definition) is 3. The van der Waals surface area contributed by atoms with E-state index in [9.17, 15) is 4.79 Å². The third-order valence-electron chi connectivity index (χ3n) is 2.79. The van der Waals surface area contributed by atoms with Gasteiger partial charge < -0.3 is 10.6 Å². The first-order chi connectivity index (χ1) is 8.74. The third kappa shape index (κ3) is 1.91. The van der Waals surface area contributed by atoms with Gasteiger partial charge in [0.25, 0.3) is 5.91 Å². The predicted molar refractivity (Wildman–Crippen MR) is 69.5 cm³/mol. The summed E-state index contributed by atoms with van der Waals surface area (Å²) in [7, 11) is 0. The molecule has 0 saturated carbocycles. The van der Waals surface area contributed by atoms with Gasteiger partial charge in [-0.15, -0.1) is 0 Å². The topological polar surface area (TPSA) is 54.0 Å². The van der Waals surface area contributed by atoms with Crippen molar-refractivity contribution in [2.45, 2.75) is 6.17 Å². The van der Waals surface area contributed by atoms with Gasteiger partial charge in [-0.3, -0.25) is 9.78 Å². The number of nitrogens with one attached hydrogen (secondary N) is 2. The summed E-state index contributed by atoms with van der Waals surface area (Å²) < 4.78 is 0. The Morgan fingerprint density at radius 2 is 2.06 bits per heavy atom. The summed E-state index contributed by atoms with van der Waals surface area (Å²) in [6, 6.07) is 10.8. The number of amides is 1. The SMILES string of the molecule is O=C1NC(c2ccccn2)Nc2ccc(Cl)cc21. The Hall–Kier alpha value is -2.07. The molecule has 2 aromatic rings. The van der Waals surface area contributed by atoms with Crippen LogP contribution in [-0.4, -0.2) is 10.9 Å². The third-order valence-corrected chi connectivity index (χ3v) is 3.02. The maximum atomic E-state index is 12.0. The lowest BCUT2D eigenvalue weighted by Crippen LogP contribution is -2.38. The molecule has 1 unspecified atom stereocenters. The Labute approximate surface area is 109 Å². The number of anilines is 1. The summed E-state index contributed by atoms with van der Waals surface area (Å²) in [5.41, 5.74) is 2.08. The van der Waals surface area contributed by atoms with Crippen LogP contribution in [0.5, 0.6) is 0 Å². The summed E-state index contributed by atoms with van der Waals surface area (Å²) in [5, 5.41) is 6.61. The first kappa shape index (κ1) is 11.0. The molecule has 1 aromatic heterocycles. The Morgan fingerprint density at radius 1 is 1.17 bits per heavy atom. The normalized spacial score (nSPS) is 17.6. The fraction of sp³-hybridized carbons (Fsp3) is 0.0769. The molecule has 4 nitrogen and oxygen atoms in total. The average Bonchev–Trinajstić information content (AvgIpc) is 2.40. The van der Waals surface area contributed by atoms with Crippen molar-refractivity contribution in [1.29, 1.82) is 0 Å². The van der Waals surface area contributed by atoms with Crippen molar-refractivity contribution >= 4 is 23.2 Å². The van der Waals surface area contributed by atoms with Gasteiger partial charge in [0, 0.05) is 16.9 Å². The van der Waals surface area contributed by atoms with Crippen LogP contribution in [0.1, 0.15) is 22.2 Å². The number of aromatic nitrogens is 1. The standard InChI is InChI=1S/C13H10ClN3O/c14-8-4-5-10-9(7-8)13(18)17-12(16-10)11-3-1-2-6-15-11/h1-7,12,16H,(H,17,18). The summed E-state index contributed by atoms with van der Waals surface area (Å²) in [5.74, 6) is -0.151. The summed E-state index contributed by atoms with van der Waals surface area (Å²) >= 11 is 5.88. The van der Waals surface area contributed by atoms with Crippen molar-refractivity contribution in [2.24, 2.45) is 0 Å². The van der Waals surface area contributed by atoms with Crippen molar-refractivity contribution in [3.05, 3.63) is 58.9 Å².